The van der Waals surface area contributed by atoms with Gasteiger partial charge in [-0.25, -0.2) is 0 Å². The van der Waals surface area contributed by atoms with Crippen molar-refractivity contribution in [1.82, 2.24) is 0 Å². The van der Waals surface area contributed by atoms with E-state index in [4.69, 9.17) is 4.74 Å². The summed E-state index contributed by atoms with van der Waals surface area (Å²) in [6.45, 7) is 1.37. The molecule has 0 bridgehead atoms. The van der Waals surface area contributed by atoms with Gasteiger partial charge in [0.2, 0.25) is 0 Å². The summed E-state index contributed by atoms with van der Waals surface area (Å²) < 4.78 is 5.29. The molecule has 1 aromatic carbocycles. The Bertz CT molecular complexity index is 338. The van der Waals surface area contributed by atoms with Crippen molar-refractivity contribution in [1.29, 1.82) is 5.26 Å². The predicted molar refractivity (Wildman–Crippen MR) is 52.6 cm³/mol. The van der Waals surface area contributed by atoms with Gasteiger partial charge in [0.05, 0.1) is 11.5 Å². The first-order valence-electron chi connectivity index (χ1n) is 4.83. The average Bonchev–Trinajstić information content (AvgIpc) is 2.31. The SMILES string of the molecule is N#CC1(c2cc[c-]cc2)CCOCC1.[W]. The number of benzene rings is 1. The molecule has 0 radical (unpaired) electrons. The first-order valence-corrected chi connectivity index (χ1v) is 4.83. The molecule has 0 aliphatic carbocycles. The normalized spacial score (nSPS) is 18.6. The van der Waals surface area contributed by atoms with Crippen molar-refractivity contribution in [2.45, 2.75) is 18.3 Å². The van der Waals surface area contributed by atoms with Gasteiger partial charge in [-0.1, -0.05) is 0 Å². The van der Waals surface area contributed by atoms with Crippen molar-refractivity contribution in [2.75, 3.05) is 13.2 Å². The summed E-state index contributed by atoms with van der Waals surface area (Å²) in [7, 11) is 0. The Kier molecular flexibility index (Phi) is 4.51. The molecule has 1 fully saturated rings. The molecule has 3 heteroatoms. The van der Waals surface area contributed by atoms with Gasteiger partial charge in [0.1, 0.15) is 0 Å². The molecule has 1 heterocycles. The largest absolute Gasteiger partial charge is 0.381 e. The summed E-state index contributed by atoms with van der Waals surface area (Å²) in [4.78, 5) is 0. The molecule has 15 heavy (non-hydrogen) atoms. The third kappa shape index (κ3) is 2.48. The molecule has 1 saturated heterocycles. The molecule has 1 aromatic rings. The van der Waals surface area contributed by atoms with E-state index in [0.29, 0.717) is 13.2 Å². The van der Waals surface area contributed by atoms with E-state index in [9.17, 15) is 5.26 Å². The van der Waals surface area contributed by atoms with Crippen LogP contribution in [0, 0.1) is 17.4 Å². The Morgan fingerprint density at radius 1 is 1.27 bits per heavy atom. The molecule has 0 unspecified atom stereocenters. The maximum atomic E-state index is 9.28. The molecule has 1 aliphatic heterocycles. The number of ether oxygens (including phenoxy) is 1. The van der Waals surface area contributed by atoms with Gasteiger partial charge in [-0.3, -0.25) is 0 Å². The monoisotopic (exact) mass is 370 g/mol. The standard InChI is InChI=1S/C12H12NO.W/c13-10-12(6-8-14-9-7-12)11-4-2-1-3-5-11;/h2-5H,6-9H2;/q-1;. The maximum absolute atomic E-state index is 9.28. The van der Waals surface area contributed by atoms with E-state index in [0.717, 1.165) is 18.4 Å². The van der Waals surface area contributed by atoms with Crippen LogP contribution < -0.4 is 0 Å². The summed E-state index contributed by atoms with van der Waals surface area (Å²) in [6.07, 6.45) is 1.60. The Hall–Kier alpha value is -0.642. The van der Waals surface area contributed by atoms with E-state index in [1.54, 1.807) is 0 Å². The number of hydrogen-bond donors (Lipinski definition) is 0. The molecule has 0 amide bonds. The number of nitriles is 1. The fourth-order valence-electron chi connectivity index (χ4n) is 1.89. The fourth-order valence-corrected chi connectivity index (χ4v) is 1.89. The fraction of sp³-hybridized carbons (Fsp3) is 0.417. The third-order valence-electron chi connectivity index (χ3n) is 2.83. The molecule has 2 rings (SSSR count). The summed E-state index contributed by atoms with van der Waals surface area (Å²) in [5, 5.41) is 9.28. The van der Waals surface area contributed by atoms with Crippen LogP contribution in [0.25, 0.3) is 0 Å². The molecule has 0 saturated carbocycles. The van der Waals surface area contributed by atoms with Gasteiger partial charge >= 0.3 is 0 Å². The van der Waals surface area contributed by atoms with Crippen LogP contribution in [0.4, 0.5) is 0 Å². The third-order valence-corrected chi connectivity index (χ3v) is 2.83. The van der Waals surface area contributed by atoms with Crippen molar-refractivity contribution in [3.63, 3.8) is 0 Å². The Morgan fingerprint density at radius 2 is 1.87 bits per heavy atom. The van der Waals surface area contributed by atoms with Crippen molar-refractivity contribution < 1.29 is 25.8 Å². The average molecular weight is 370 g/mol. The van der Waals surface area contributed by atoms with Gasteiger partial charge in [-0.05, 0) is 12.8 Å². The summed E-state index contributed by atoms with van der Waals surface area (Å²) >= 11 is 0. The van der Waals surface area contributed by atoms with Crippen molar-refractivity contribution in [2.24, 2.45) is 0 Å². The van der Waals surface area contributed by atoms with Crippen LogP contribution in [0.15, 0.2) is 24.3 Å². The van der Waals surface area contributed by atoms with Crippen LogP contribution >= 0.6 is 0 Å². The van der Waals surface area contributed by atoms with E-state index < -0.39 is 0 Å². The van der Waals surface area contributed by atoms with E-state index in [2.05, 4.69) is 12.1 Å². The number of hydrogen-bond acceptors (Lipinski definition) is 2. The van der Waals surface area contributed by atoms with Gasteiger partial charge in [0, 0.05) is 34.3 Å². The quantitative estimate of drug-likeness (QED) is 0.710. The van der Waals surface area contributed by atoms with Gasteiger partial charge in [-0.15, -0.1) is 5.56 Å². The van der Waals surface area contributed by atoms with Crippen molar-refractivity contribution in [3.05, 3.63) is 35.9 Å². The van der Waals surface area contributed by atoms with Crippen LogP contribution in [0.2, 0.25) is 0 Å². The minimum atomic E-state index is -0.326. The zero-order valence-corrected chi connectivity index (χ0v) is 11.3. The molecular formula is C12H12NOW-. The molecule has 0 aromatic heterocycles. The molecule has 2 nitrogen and oxygen atoms in total. The van der Waals surface area contributed by atoms with Crippen LogP contribution in [0.1, 0.15) is 18.4 Å². The van der Waals surface area contributed by atoms with Crippen LogP contribution in [0.3, 0.4) is 0 Å². The smallest absolute Gasteiger partial charge is 0.0717 e. The second kappa shape index (κ2) is 5.44. The van der Waals surface area contributed by atoms with E-state index in [1.165, 1.54) is 0 Å². The first kappa shape index (κ1) is 12.4. The van der Waals surface area contributed by atoms with Crippen molar-refractivity contribution in [3.8, 4) is 6.07 Å². The van der Waals surface area contributed by atoms with Crippen LogP contribution in [0.5, 0.6) is 0 Å². The van der Waals surface area contributed by atoms with E-state index in [-0.39, 0.29) is 26.5 Å². The Morgan fingerprint density at radius 3 is 2.40 bits per heavy atom. The number of nitrogens with zero attached hydrogens (tertiary/aromatic N) is 1. The molecule has 1 aliphatic rings. The van der Waals surface area contributed by atoms with Gasteiger partial charge in [0.25, 0.3) is 0 Å². The van der Waals surface area contributed by atoms with Crippen molar-refractivity contribution >= 4 is 0 Å². The zero-order valence-electron chi connectivity index (χ0n) is 8.40. The predicted octanol–water partition coefficient (Wildman–Crippen LogP) is 2.06. The molecule has 0 N–H and O–H groups in total. The molecule has 0 spiro atoms. The summed E-state index contributed by atoms with van der Waals surface area (Å²) in [5.74, 6) is 0. The molecule has 0 atom stereocenters. The minimum Gasteiger partial charge on any atom is -0.381 e. The minimum absolute atomic E-state index is 0. The summed E-state index contributed by atoms with van der Waals surface area (Å²) in [5.41, 5.74) is 0.773. The molecule has 78 valence electrons. The zero-order chi connectivity index (χ0) is 9.86. The maximum Gasteiger partial charge on any atom is 0.0717 e. The van der Waals surface area contributed by atoms with E-state index in [1.807, 2.05) is 24.3 Å². The Balaban J connectivity index is 0.00000112. The van der Waals surface area contributed by atoms with E-state index >= 15 is 0 Å². The van der Waals surface area contributed by atoms with Crippen LogP contribution in [-0.2, 0) is 31.2 Å². The second-order valence-corrected chi connectivity index (χ2v) is 3.59. The van der Waals surface area contributed by atoms with Crippen LogP contribution in [-0.4, -0.2) is 13.2 Å². The Labute approximate surface area is 105 Å². The first-order chi connectivity index (χ1) is 6.87. The van der Waals surface area contributed by atoms with Gasteiger partial charge < -0.3 is 4.74 Å². The van der Waals surface area contributed by atoms with Gasteiger partial charge in [0.15, 0.2) is 0 Å². The van der Waals surface area contributed by atoms with Gasteiger partial charge in [-0.2, -0.15) is 35.6 Å². The topological polar surface area (TPSA) is 33.0 Å². The second-order valence-electron chi connectivity index (χ2n) is 3.59. The number of rotatable bonds is 1. The molecular weight excluding hydrogens is 358 g/mol. The summed E-state index contributed by atoms with van der Waals surface area (Å²) in [6, 6.07) is 13.1.